The van der Waals surface area contributed by atoms with Crippen LogP contribution in [0.1, 0.15) is 65.2 Å². The van der Waals surface area contributed by atoms with Crippen LogP contribution in [0.25, 0.3) is 0 Å². The minimum absolute atomic E-state index is 0. The van der Waals surface area contributed by atoms with E-state index in [0.29, 0.717) is 56.0 Å². The Kier molecular flexibility index (Phi) is 6.36. The zero-order valence-corrected chi connectivity index (χ0v) is 18.4. The van der Waals surface area contributed by atoms with Crippen molar-refractivity contribution in [3.63, 3.8) is 0 Å². The number of nitrogens with zero attached hydrogens (tertiary/aromatic N) is 1. The third-order valence-electron chi connectivity index (χ3n) is 8.98. The Bertz CT molecular complexity index is 698. The SMILES string of the molecule is C[C@]12CCC(=NOCCN)CC1C(C(=O)O)C[C@@H]1[C@H]2CC[C@]2(C)C(=O)CC[C@@H]12.Cl. The van der Waals surface area contributed by atoms with E-state index in [0.717, 1.165) is 37.8 Å². The number of carbonyl (C=O) groups is 2. The number of halogens is 1. The lowest BCUT2D eigenvalue weighted by molar-refractivity contribution is -0.164. The lowest BCUT2D eigenvalue weighted by atomic mass is 9.43. The third kappa shape index (κ3) is 3.50. The van der Waals surface area contributed by atoms with Crippen LogP contribution in [0.2, 0.25) is 0 Å². The number of Topliss-reactive ketones (excluding diaryl/α,β-unsaturated/α-hetero) is 1. The van der Waals surface area contributed by atoms with Crippen LogP contribution in [-0.4, -0.2) is 35.7 Å². The highest BCUT2D eigenvalue weighted by Gasteiger charge is 2.63. The van der Waals surface area contributed by atoms with E-state index in [1.807, 2.05) is 0 Å². The maximum Gasteiger partial charge on any atom is 0.306 e. The molecular weight excluding hydrogens is 392 g/mol. The van der Waals surface area contributed by atoms with E-state index in [4.69, 9.17) is 10.6 Å². The van der Waals surface area contributed by atoms with Crippen molar-refractivity contribution < 1.29 is 19.5 Å². The second kappa shape index (κ2) is 8.18. The van der Waals surface area contributed by atoms with E-state index in [2.05, 4.69) is 19.0 Å². The molecule has 0 amide bonds. The first-order chi connectivity index (χ1) is 13.3. The van der Waals surface area contributed by atoms with Gasteiger partial charge in [0, 0.05) is 18.4 Å². The average Bonchev–Trinajstić information content (AvgIpc) is 2.96. The lowest BCUT2D eigenvalue weighted by Crippen LogP contribution is -2.57. The summed E-state index contributed by atoms with van der Waals surface area (Å²) in [6.07, 6.45) is 6.91. The van der Waals surface area contributed by atoms with Gasteiger partial charge in [0.2, 0.25) is 0 Å². The fraction of sp³-hybridized carbons (Fsp3) is 0.864. The van der Waals surface area contributed by atoms with Crippen LogP contribution < -0.4 is 5.73 Å². The van der Waals surface area contributed by atoms with Gasteiger partial charge in [-0.05, 0) is 74.0 Å². The van der Waals surface area contributed by atoms with Gasteiger partial charge in [-0.1, -0.05) is 19.0 Å². The molecule has 3 N–H and O–H groups in total. The first-order valence-electron chi connectivity index (χ1n) is 10.9. The molecule has 2 unspecified atom stereocenters. The van der Waals surface area contributed by atoms with E-state index < -0.39 is 5.97 Å². The molecule has 6 nitrogen and oxygen atoms in total. The normalized spacial score (nSPS) is 45.0. The van der Waals surface area contributed by atoms with Gasteiger partial charge in [0.15, 0.2) is 0 Å². The number of carbonyl (C=O) groups excluding carboxylic acids is 1. The number of ketones is 1. The number of carboxylic acids is 1. The van der Waals surface area contributed by atoms with Gasteiger partial charge in [0.1, 0.15) is 12.4 Å². The Labute approximate surface area is 179 Å². The number of aliphatic carboxylic acids is 1. The molecule has 7 atom stereocenters. The van der Waals surface area contributed by atoms with Crippen molar-refractivity contribution in [1.29, 1.82) is 0 Å². The summed E-state index contributed by atoms with van der Waals surface area (Å²) in [4.78, 5) is 30.2. The largest absolute Gasteiger partial charge is 0.481 e. The molecule has 29 heavy (non-hydrogen) atoms. The fourth-order valence-electron chi connectivity index (χ4n) is 7.46. The van der Waals surface area contributed by atoms with Crippen LogP contribution in [-0.2, 0) is 14.4 Å². The highest BCUT2D eigenvalue weighted by atomic mass is 35.5. The molecule has 4 fully saturated rings. The number of carboxylic acid groups (broad SMARTS) is 1. The Morgan fingerprint density at radius 2 is 1.97 bits per heavy atom. The van der Waals surface area contributed by atoms with Crippen molar-refractivity contribution in [2.24, 2.45) is 51.3 Å². The minimum atomic E-state index is -0.685. The maximum atomic E-state index is 12.6. The summed E-state index contributed by atoms with van der Waals surface area (Å²) >= 11 is 0. The first-order valence-corrected chi connectivity index (χ1v) is 10.9. The van der Waals surface area contributed by atoms with Gasteiger partial charge in [-0.3, -0.25) is 9.59 Å². The summed E-state index contributed by atoms with van der Waals surface area (Å²) < 4.78 is 0. The summed E-state index contributed by atoms with van der Waals surface area (Å²) in [7, 11) is 0. The van der Waals surface area contributed by atoms with E-state index in [1.165, 1.54) is 0 Å². The molecule has 4 aliphatic carbocycles. The molecule has 7 heteroatoms. The van der Waals surface area contributed by atoms with E-state index in [9.17, 15) is 14.7 Å². The topological polar surface area (TPSA) is 102 Å². The quantitative estimate of drug-likeness (QED) is 0.527. The number of fused-ring (bicyclic) bond motifs is 5. The van der Waals surface area contributed by atoms with Gasteiger partial charge in [-0.2, -0.15) is 0 Å². The van der Waals surface area contributed by atoms with E-state index in [-0.39, 0.29) is 35.1 Å². The van der Waals surface area contributed by atoms with Crippen LogP contribution in [0.15, 0.2) is 5.16 Å². The first kappa shape index (κ1) is 22.5. The Morgan fingerprint density at radius 1 is 1.21 bits per heavy atom. The fourth-order valence-corrected chi connectivity index (χ4v) is 7.46. The molecule has 0 bridgehead atoms. The summed E-state index contributed by atoms with van der Waals surface area (Å²) in [5, 5.41) is 14.4. The smallest absolute Gasteiger partial charge is 0.306 e. The Morgan fingerprint density at radius 3 is 2.66 bits per heavy atom. The zero-order valence-electron chi connectivity index (χ0n) is 17.6. The number of hydrogen-bond acceptors (Lipinski definition) is 5. The third-order valence-corrected chi connectivity index (χ3v) is 8.98. The van der Waals surface area contributed by atoms with Crippen LogP contribution in [0.4, 0.5) is 0 Å². The molecule has 0 aromatic rings. The number of oxime groups is 1. The molecular formula is C22H35ClN2O4. The van der Waals surface area contributed by atoms with Gasteiger partial charge in [0.05, 0.1) is 11.6 Å². The molecule has 0 heterocycles. The number of nitrogens with two attached hydrogens (primary N) is 1. The monoisotopic (exact) mass is 426 g/mol. The van der Waals surface area contributed by atoms with Crippen LogP contribution in [0, 0.1) is 40.4 Å². The van der Waals surface area contributed by atoms with Crippen molar-refractivity contribution in [2.75, 3.05) is 13.2 Å². The summed E-state index contributed by atoms with van der Waals surface area (Å²) in [6.45, 7) is 5.29. The van der Waals surface area contributed by atoms with Gasteiger partial charge in [-0.15, -0.1) is 12.4 Å². The highest BCUT2D eigenvalue weighted by Crippen LogP contribution is 2.66. The van der Waals surface area contributed by atoms with Crippen molar-refractivity contribution in [3.05, 3.63) is 0 Å². The van der Waals surface area contributed by atoms with Crippen molar-refractivity contribution in [1.82, 2.24) is 0 Å². The van der Waals surface area contributed by atoms with Crippen molar-refractivity contribution in [3.8, 4) is 0 Å². The Balaban J connectivity index is 0.00000240. The van der Waals surface area contributed by atoms with Gasteiger partial charge >= 0.3 is 5.97 Å². The molecule has 0 saturated heterocycles. The maximum absolute atomic E-state index is 12.6. The summed E-state index contributed by atoms with van der Waals surface area (Å²) in [6, 6.07) is 0. The Hall–Kier alpha value is -1.14. The number of rotatable bonds is 4. The molecule has 4 saturated carbocycles. The number of hydrogen-bond donors (Lipinski definition) is 2. The molecule has 0 aromatic heterocycles. The van der Waals surface area contributed by atoms with Gasteiger partial charge in [0.25, 0.3) is 0 Å². The predicted octanol–water partition coefficient (Wildman–Crippen LogP) is 3.66. The molecule has 4 aliphatic rings. The molecule has 4 rings (SSSR count). The standard InChI is InChI=1S/C22H34N2O4.ClH/c1-21-7-5-13(24-28-10-9-23)11-18(21)15(20(26)27)12-14-16-3-4-19(25)22(16,2)8-6-17(14)21;/h14-18H,3-12,23H2,1-2H3,(H,26,27);1H/t14-,15?,16-,17+,18?,21+,22-;/m0./s1. The van der Waals surface area contributed by atoms with Crippen LogP contribution in [0.3, 0.4) is 0 Å². The molecule has 0 aliphatic heterocycles. The van der Waals surface area contributed by atoms with Crippen LogP contribution >= 0.6 is 12.4 Å². The molecule has 0 spiro atoms. The van der Waals surface area contributed by atoms with E-state index in [1.54, 1.807) is 0 Å². The zero-order chi connectivity index (χ0) is 20.1. The van der Waals surface area contributed by atoms with Crippen LogP contribution in [0.5, 0.6) is 0 Å². The average molecular weight is 427 g/mol. The molecule has 0 aromatic carbocycles. The van der Waals surface area contributed by atoms with Gasteiger partial charge < -0.3 is 15.7 Å². The molecule has 0 radical (unpaired) electrons. The van der Waals surface area contributed by atoms with Crippen molar-refractivity contribution in [2.45, 2.75) is 65.2 Å². The predicted molar refractivity (Wildman–Crippen MR) is 113 cm³/mol. The lowest BCUT2D eigenvalue weighted by Gasteiger charge is -2.61. The minimum Gasteiger partial charge on any atom is -0.481 e. The second-order valence-corrected chi connectivity index (χ2v) is 10.1. The second-order valence-electron chi connectivity index (χ2n) is 10.1. The summed E-state index contributed by atoms with van der Waals surface area (Å²) in [5.41, 5.74) is 6.25. The molecule has 164 valence electrons. The van der Waals surface area contributed by atoms with Gasteiger partial charge in [-0.25, -0.2) is 0 Å². The summed E-state index contributed by atoms with van der Waals surface area (Å²) in [5.74, 6) is 0.705. The van der Waals surface area contributed by atoms with Crippen molar-refractivity contribution >= 4 is 29.9 Å². The highest BCUT2D eigenvalue weighted by molar-refractivity contribution is 5.88. The van der Waals surface area contributed by atoms with E-state index >= 15 is 0 Å².